The van der Waals surface area contributed by atoms with Gasteiger partial charge in [0.2, 0.25) is 0 Å². The first-order valence-corrected chi connectivity index (χ1v) is 10.2. The number of hydrogen-bond acceptors (Lipinski definition) is 2. The molecule has 2 aromatic rings. The van der Waals surface area contributed by atoms with Crippen LogP contribution in [-0.4, -0.2) is 47.0 Å². The number of aromatic nitrogens is 2. The Bertz CT molecular complexity index is 724. The minimum atomic E-state index is 0.588. The van der Waals surface area contributed by atoms with E-state index in [1.54, 1.807) is 0 Å². The van der Waals surface area contributed by atoms with E-state index in [0.29, 0.717) is 5.41 Å². The van der Waals surface area contributed by atoms with Crippen LogP contribution >= 0.6 is 0 Å². The van der Waals surface area contributed by atoms with Crippen molar-refractivity contribution in [3.8, 4) is 0 Å². The monoisotopic (exact) mass is 353 g/mol. The van der Waals surface area contributed by atoms with Gasteiger partial charge in [-0.15, -0.1) is 0 Å². The summed E-state index contributed by atoms with van der Waals surface area (Å²) >= 11 is 0. The molecule has 1 spiro atoms. The van der Waals surface area contributed by atoms with Crippen LogP contribution in [0.25, 0.3) is 11.0 Å². The Morgan fingerprint density at radius 1 is 1.27 bits per heavy atom. The van der Waals surface area contributed by atoms with Gasteiger partial charge in [-0.05, 0) is 50.2 Å². The zero-order chi connectivity index (χ0) is 17.8. The summed E-state index contributed by atoms with van der Waals surface area (Å²) in [5.74, 6) is 2.18. The van der Waals surface area contributed by atoms with Gasteiger partial charge in [0.15, 0.2) is 5.96 Å². The fraction of sp³-hybridized carbons (Fsp3) is 0.619. The lowest BCUT2D eigenvalue weighted by atomic mass is 9.86. The lowest BCUT2D eigenvalue weighted by Gasteiger charge is -2.26. The molecule has 0 unspecified atom stereocenters. The Hall–Kier alpha value is -2.04. The third-order valence-corrected chi connectivity index (χ3v) is 6.01. The molecule has 0 amide bonds. The molecule has 4 rings (SSSR count). The van der Waals surface area contributed by atoms with Crippen LogP contribution < -0.4 is 5.32 Å². The Morgan fingerprint density at radius 3 is 2.92 bits per heavy atom. The predicted molar refractivity (Wildman–Crippen MR) is 107 cm³/mol. The molecule has 26 heavy (non-hydrogen) atoms. The highest BCUT2D eigenvalue weighted by atomic mass is 15.3. The second-order valence-electron chi connectivity index (χ2n) is 7.92. The summed E-state index contributed by atoms with van der Waals surface area (Å²) in [5, 5.41) is 3.50. The summed E-state index contributed by atoms with van der Waals surface area (Å²) in [4.78, 5) is 15.5. The van der Waals surface area contributed by atoms with Gasteiger partial charge < -0.3 is 15.2 Å². The van der Waals surface area contributed by atoms with Crippen LogP contribution in [0.5, 0.6) is 0 Å². The Labute approximate surface area is 156 Å². The standard InChI is InChI=1S/C21H31N5/c1-2-22-20(26-15-13-21(16-26)11-5-6-12-21)23-14-7-10-19-24-17-8-3-4-9-18(17)25-19/h3-4,8-9H,2,5-7,10-16H2,1H3,(H,22,23)(H,24,25). The molecule has 140 valence electrons. The molecule has 2 fully saturated rings. The highest BCUT2D eigenvalue weighted by molar-refractivity contribution is 5.80. The number of hydrogen-bond donors (Lipinski definition) is 2. The lowest BCUT2D eigenvalue weighted by molar-refractivity contribution is 0.309. The SMILES string of the molecule is CCNC(=NCCCc1nc2ccccc2[nH]1)N1CCC2(CCCC2)C1. The number of imidazole rings is 1. The molecule has 1 saturated heterocycles. The zero-order valence-corrected chi connectivity index (χ0v) is 15.9. The van der Waals surface area contributed by atoms with Gasteiger partial charge in [-0.25, -0.2) is 4.98 Å². The fourth-order valence-electron chi connectivity index (χ4n) is 4.63. The summed E-state index contributed by atoms with van der Waals surface area (Å²) < 4.78 is 0. The van der Waals surface area contributed by atoms with E-state index < -0.39 is 0 Å². The molecule has 1 aliphatic carbocycles. The second kappa shape index (κ2) is 7.68. The molecule has 1 aliphatic heterocycles. The predicted octanol–water partition coefficient (Wildman–Crippen LogP) is 3.73. The van der Waals surface area contributed by atoms with Crippen molar-refractivity contribution in [3.05, 3.63) is 30.1 Å². The molecule has 2 N–H and O–H groups in total. The molecule has 5 heteroatoms. The molecule has 2 aliphatic rings. The van der Waals surface area contributed by atoms with E-state index in [9.17, 15) is 0 Å². The van der Waals surface area contributed by atoms with Crippen LogP contribution in [0.3, 0.4) is 0 Å². The second-order valence-corrected chi connectivity index (χ2v) is 7.92. The minimum absolute atomic E-state index is 0.588. The maximum Gasteiger partial charge on any atom is 0.193 e. The number of aliphatic imine (C=N–C) groups is 1. The Morgan fingerprint density at radius 2 is 2.12 bits per heavy atom. The van der Waals surface area contributed by atoms with E-state index in [-0.39, 0.29) is 0 Å². The van der Waals surface area contributed by atoms with Gasteiger partial charge in [-0.1, -0.05) is 25.0 Å². The molecule has 1 aromatic carbocycles. The average molecular weight is 354 g/mol. The van der Waals surface area contributed by atoms with Crippen LogP contribution in [0, 0.1) is 5.41 Å². The zero-order valence-electron chi connectivity index (χ0n) is 15.9. The molecule has 2 heterocycles. The quantitative estimate of drug-likeness (QED) is 0.489. The number of nitrogens with one attached hydrogen (secondary N) is 2. The summed E-state index contributed by atoms with van der Waals surface area (Å²) in [6.45, 7) is 6.30. The lowest BCUT2D eigenvalue weighted by Crippen LogP contribution is -2.41. The average Bonchev–Trinajstić information content (AvgIpc) is 3.38. The van der Waals surface area contributed by atoms with Crippen molar-refractivity contribution < 1.29 is 0 Å². The van der Waals surface area contributed by atoms with Gasteiger partial charge in [0.05, 0.1) is 11.0 Å². The molecule has 1 saturated carbocycles. The van der Waals surface area contributed by atoms with Crippen molar-refractivity contribution in [3.63, 3.8) is 0 Å². The van der Waals surface area contributed by atoms with E-state index in [1.165, 1.54) is 38.6 Å². The van der Waals surface area contributed by atoms with Crippen molar-refractivity contribution in [1.82, 2.24) is 20.2 Å². The highest BCUT2D eigenvalue weighted by Gasteiger charge is 2.41. The van der Waals surface area contributed by atoms with E-state index >= 15 is 0 Å². The largest absolute Gasteiger partial charge is 0.357 e. The normalized spacial score (nSPS) is 19.7. The molecular formula is C21H31N5. The van der Waals surface area contributed by atoms with Crippen LogP contribution in [0.15, 0.2) is 29.3 Å². The summed E-state index contributed by atoms with van der Waals surface area (Å²) in [7, 11) is 0. The molecule has 1 aromatic heterocycles. The van der Waals surface area contributed by atoms with Crippen LogP contribution in [0.2, 0.25) is 0 Å². The summed E-state index contributed by atoms with van der Waals surface area (Å²) in [6, 6.07) is 8.22. The van der Waals surface area contributed by atoms with E-state index in [0.717, 1.165) is 55.3 Å². The van der Waals surface area contributed by atoms with Crippen LogP contribution in [0.1, 0.15) is 51.3 Å². The van der Waals surface area contributed by atoms with Crippen molar-refractivity contribution in [2.24, 2.45) is 10.4 Å². The molecular weight excluding hydrogens is 322 g/mol. The van der Waals surface area contributed by atoms with Crippen molar-refractivity contribution in [2.45, 2.75) is 51.9 Å². The van der Waals surface area contributed by atoms with Gasteiger partial charge in [-0.2, -0.15) is 0 Å². The maximum absolute atomic E-state index is 4.91. The van der Waals surface area contributed by atoms with Gasteiger partial charge in [0.1, 0.15) is 5.82 Å². The van der Waals surface area contributed by atoms with E-state index in [1.807, 2.05) is 12.1 Å². The van der Waals surface area contributed by atoms with Gasteiger partial charge in [0, 0.05) is 32.6 Å². The molecule has 0 bridgehead atoms. The third kappa shape index (κ3) is 3.71. The molecule has 0 atom stereocenters. The van der Waals surface area contributed by atoms with Crippen molar-refractivity contribution in [1.29, 1.82) is 0 Å². The highest BCUT2D eigenvalue weighted by Crippen LogP contribution is 2.45. The first-order chi connectivity index (χ1) is 12.8. The van der Waals surface area contributed by atoms with E-state index in [4.69, 9.17) is 4.99 Å². The number of aryl methyl sites for hydroxylation is 1. The van der Waals surface area contributed by atoms with Crippen LogP contribution in [-0.2, 0) is 6.42 Å². The Balaban J connectivity index is 1.32. The van der Waals surface area contributed by atoms with Gasteiger partial charge in [-0.3, -0.25) is 4.99 Å². The number of likely N-dealkylation sites (tertiary alicyclic amines) is 1. The number of para-hydroxylation sites is 2. The van der Waals surface area contributed by atoms with Gasteiger partial charge in [0.25, 0.3) is 0 Å². The molecule has 5 nitrogen and oxygen atoms in total. The Kier molecular flexibility index (Phi) is 5.14. The number of fused-ring (bicyclic) bond motifs is 1. The number of guanidine groups is 1. The minimum Gasteiger partial charge on any atom is -0.357 e. The smallest absolute Gasteiger partial charge is 0.193 e. The first-order valence-electron chi connectivity index (χ1n) is 10.2. The summed E-state index contributed by atoms with van der Waals surface area (Å²) in [5.41, 5.74) is 2.77. The fourth-order valence-corrected chi connectivity index (χ4v) is 4.63. The third-order valence-electron chi connectivity index (χ3n) is 6.01. The molecule has 0 radical (unpaired) electrons. The number of benzene rings is 1. The van der Waals surface area contributed by atoms with Gasteiger partial charge >= 0.3 is 0 Å². The maximum atomic E-state index is 4.91. The first kappa shape index (κ1) is 17.4. The number of nitrogens with zero attached hydrogens (tertiary/aromatic N) is 3. The van der Waals surface area contributed by atoms with Crippen molar-refractivity contribution >= 4 is 17.0 Å². The summed E-state index contributed by atoms with van der Waals surface area (Å²) in [6.07, 6.45) is 8.97. The number of aromatic amines is 1. The number of H-pyrrole nitrogens is 1. The van der Waals surface area contributed by atoms with Crippen LogP contribution in [0.4, 0.5) is 0 Å². The topological polar surface area (TPSA) is 56.3 Å². The number of rotatable bonds is 5. The van der Waals surface area contributed by atoms with E-state index in [2.05, 4.69) is 39.2 Å². The van der Waals surface area contributed by atoms with Crippen molar-refractivity contribution in [2.75, 3.05) is 26.2 Å².